The van der Waals surface area contributed by atoms with Crippen molar-refractivity contribution >= 4 is 17.5 Å². The molecule has 1 aliphatic heterocycles. The maximum absolute atomic E-state index is 12.6. The number of anilines is 1. The van der Waals surface area contributed by atoms with Crippen LogP contribution in [0.1, 0.15) is 18.6 Å². The van der Waals surface area contributed by atoms with Crippen LogP contribution in [0.15, 0.2) is 41.0 Å². The Morgan fingerprint density at radius 2 is 1.84 bits per heavy atom. The summed E-state index contributed by atoms with van der Waals surface area (Å²) < 4.78 is 16.2. The lowest BCUT2D eigenvalue weighted by Crippen LogP contribution is -2.39. The first-order chi connectivity index (χ1) is 12.2. The quantitative estimate of drug-likeness (QED) is 0.812. The summed E-state index contributed by atoms with van der Waals surface area (Å²) in [7, 11) is 0. The summed E-state index contributed by atoms with van der Waals surface area (Å²) in [5, 5.41) is 5.58. The molecule has 2 aliphatic rings. The minimum atomic E-state index is -1.00. The highest BCUT2D eigenvalue weighted by atomic mass is 16.6. The molecule has 0 saturated heterocycles. The van der Waals surface area contributed by atoms with Gasteiger partial charge in [0.25, 0.3) is 0 Å². The third-order valence-electron chi connectivity index (χ3n) is 4.42. The van der Waals surface area contributed by atoms with Crippen molar-refractivity contribution in [3.8, 4) is 11.5 Å². The molecule has 0 atom stereocenters. The van der Waals surface area contributed by atoms with Crippen molar-refractivity contribution in [3.63, 3.8) is 0 Å². The van der Waals surface area contributed by atoms with Gasteiger partial charge in [-0.05, 0) is 37.1 Å². The molecule has 4 rings (SSSR count). The number of carbonyl (C=O) groups excluding carboxylic acids is 2. The molecular weight excluding hydrogens is 324 g/mol. The van der Waals surface area contributed by atoms with Crippen molar-refractivity contribution in [2.45, 2.75) is 19.4 Å². The van der Waals surface area contributed by atoms with Crippen molar-refractivity contribution in [2.75, 3.05) is 18.5 Å². The molecule has 7 nitrogen and oxygen atoms in total. The molecule has 0 spiro atoms. The van der Waals surface area contributed by atoms with Crippen LogP contribution in [0.5, 0.6) is 11.5 Å². The number of fused-ring (bicyclic) bond motifs is 1. The molecule has 1 saturated carbocycles. The number of nitrogens with one attached hydrogen (secondary N) is 2. The minimum Gasteiger partial charge on any atom is -0.486 e. The van der Waals surface area contributed by atoms with E-state index in [2.05, 4.69) is 10.6 Å². The number of hydrogen-bond acceptors (Lipinski definition) is 5. The molecule has 0 bridgehead atoms. The number of carbonyl (C=O) groups is 2. The Balaban J connectivity index is 1.40. The average Bonchev–Trinajstić information content (AvgIpc) is 3.29. The molecule has 1 aromatic heterocycles. The number of rotatable bonds is 5. The number of benzene rings is 1. The van der Waals surface area contributed by atoms with Crippen LogP contribution in [-0.4, -0.2) is 25.0 Å². The molecule has 1 aromatic carbocycles. The molecule has 130 valence electrons. The highest BCUT2D eigenvalue weighted by Crippen LogP contribution is 2.47. The minimum absolute atomic E-state index is 0.269. The van der Waals surface area contributed by atoms with E-state index in [4.69, 9.17) is 13.9 Å². The van der Waals surface area contributed by atoms with Gasteiger partial charge in [0.15, 0.2) is 11.5 Å². The van der Waals surface area contributed by atoms with E-state index in [0.29, 0.717) is 49.0 Å². The molecular formula is C18H18N2O5. The molecule has 2 amide bonds. The summed E-state index contributed by atoms with van der Waals surface area (Å²) in [5.41, 5.74) is -0.417. The van der Waals surface area contributed by atoms with Crippen molar-refractivity contribution in [1.82, 2.24) is 5.32 Å². The fourth-order valence-corrected chi connectivity index (χ4v) is 2.80. The first-order valence-electron chi connectivity index (χ1n) is 8.19. The largest absolute Gasteiger partial charge is 0.486 e. The molecule has 1 fully saturated rings. The van der Waals surface area contributed by atoms with E-state index in [9.17, 15) is 9.59 Å². The lowest BCUT2D eigenvalue weighted by atomic mass is 10.0. The average molecular weight is 342 g/mol. The summed E-state index contributed by atoms with van der Waals surface area (Å²) in [6.45, 7) is 1.26. The number of ether oxygens (including phenoxy) is 2. The van der Waals surface area contributed by atoms with Crippen LogP contribution in [-0.2, 0) is 16.1 Å². The summed E-state index contributed by atoms with van der Waals surface area (Å²) in [6, 6.07) is 8.73. The van der Waals surface area contributed by atoms with Gasteiger partial charge in [-0.1, -0.05) is 0 Å². The predicted molar refractivity (Wildman–Crippen MR) is 88.3 cm³/mol. The van der Waals surface area contributed by atoms with Gasteiger partial charge in [-0.15, -0.1) is 0 Å². The Morgan fingerprint density at radius 3 is 2.56 bits per heavy atom. The van der Waals surface area contributed by atoms with Crippen molar-refractivity contribution in [2.24, 2.45) is 5.41 Å². The highest BCUT2D eigenvalue weighted by Gasteiger charge is 2.56. The maximum atomic E-state index is 12.6. The Labute approximate surface area is 144 Å². The Kier molecular flexibility index (Phi) is 3.83. The third-order valence-corrected chi connectivity index (χ3v) is 4.42. The standard InChI is InChI=1S/C18H18N2O5/c21-16(19-11-13-2-1-7-23-13)18(5-6-18)17(22)20-12-3-4-14-15(10-12)25-9-8-24-14/h1-4,7,10H,5-6,8-9,11H2,(H,19,21)(H,20,22). The summed E-state index contributed by atoms with van der Waals surface area (Å²) in [6.07, 6.45) is 2.61. The molecule has 2 heterocycles. The Hall–Kier alpha value is -2.96. The van der Waals surface area contributed by atoms with Gasteiger partial charge in [-0.3, -0.25) is 9.59 Å². The second-order valence-corrected chi connectivity index (χ2v) is 6.16. The predicted octanol–water partition coefficient (Wildman–Crippen LogP) is 2.09. The normalized spacial score (nSPS) is 16.8. The fraction of sp³-hybridized carbons (Fsp3) is 0.333. The zero-order valence-electron chi connectivity index (χ0n) is 13.5. The van der Waals surface area contributed by atoms with Crippen LogP contribution in [0.4, 0.5) is 5.69 Å². The van der Waals surface area contributed by atoms with Gasteiger partial charge in [0.1, 0.15) is 24.4 Å². The molecule has 7 heteroatoms. The SMILES string of the molecule is O=C(NCc1ccco1)C1(C(=O)Nc2ccc3c(c2)OCCO3)CC1. The fourth-order valence-electron chi connectivity index (χ4n) is 2.80. The Bertz CT molecular complexity index is 796. The summed E-state index contributed by atoms with van der Waals surface area (Å²) in [5.74, 6) is 1.31. The number of furan rings is 1. The highest BCUT2D eigenvalue weighted by molar-refractivity contribution is 6.13. The monoisotopic (exact) mass is 342 g/mol. The van der Waals surface area contributed by atoms with Crippen LogP contribution >= 0.6 is 0 Å². The Morgan fingerprint density at radius 1 is 1.04 bits per heavy atom. The lowest BCUT2D eigenvalue weighted by Gasteiger charge is -2.20. The second kappa shape index (κ2) is 6.16. The topological polar surface area (TPSA) is 89.8 Å². The van der Waals surface area contributed by atoms with Gasteiger partial charge >= 0.3 is 0 Å². The van der Waals surface area contributed by atoms with Crippen LogP contribution in [0.2, 0.25) is 0 Å². The van der Waals surface area contributed by atoms with E-state index >= 15 is 0 Å². The van der Waals surface area contributed by atoms with Gasteiger partial charge in [-0.2, -0.15) is 0 Å². The number of hydrogen-bond donors (Lipinski definition) is 2. The first-order valence-corrected chi connectivity index (χ1v) is 8.19. The van der Waals surface area contributed by atoms with Crippen LogP contribution in [0.3, 0.4) is 0 Å². The molecule has 0 unspecified atom stereocenters. The number of amides is 2. The van der Waals surface area contributed by atoms with Crippen LogP contribution in [0, 0.1) is 5.41 Å². The van der Waals surface area contributed by atoms with E-state index < -0.39 is 5.41 Å². The lowest BCUT2D eigenvalue weighted by molar-refractivity contribution is -0.134. The maximum Gasteiger partial charge on any atom is 0.240 e. The summed E-state index contributed by atoms with van der Waals surface area (Å²) >= 11 is 0. The third kappa shape index (κ3) is 3.05. The van der Waals surface area contributed by atoms with Gasteiger partial charge < -0.3 is 24.5 Å². The van der Waals surface area contributed by atoms with Gasteiger partial charge in [-0.25, -0.2) is 0 Å². The zero-order chi connectivity index (χ0) is 17.3. The van der Waals surface area contributed by atoms with Gasteiger partial charge in [0.05, 0.1) is 12.8 Å². The smallest absolute Gasteiger partial charge is 0.240 e. The second-order valence-electron chi connectivity index (χ2n) is 6.16. The first kappa shape index (κ1) is 15.6. The van der Waals surface area contributed by atoms with Crippen LogP contribution < -0.4 is 20.1 Å². The van der Waals surface area contributed by atoms with E-state index in [1.807, 2.05) is 0 Å². The van der Waals surface area contributed by atoms with E-state index in [1.54, 1.807) is 36.6 Å². The van der Waals surface area contributed by atoms with E-state index in [-0.39, 0.29) is 18.4 Å². The molecule has 1 aliphatic carbocycles. The molecule has 25 heavy (non-hydrogen) atoms. The van der Waals surface area contributed by atoms with Crippen molar-refractivity contribution in [3.05, 3.63) is 42.4 Å². The van der Waals surface area contributed by atoms with Gasteiger partial charge in [0, 0.05) is 11.8 Å². The van der Waals surface area contributed by atoms with Crippen LogP contribution in [0.25, 0.3) is 0 Å². The zero-order valence-corrected chi connectivity index (χ0v) is 13.5. The van der Waals surface area contributed by atoms with E-state index in [0.717, 1.165) is 0 Å². The van der Waals surface area contributed by atoms with Crippen molar-refractivity contribution in [1.29, 1.82) is 0 Å². The van der Waals surface area contributed by atoms with Crippen molar-refractivity contribution < 1.29 is 23.5 Å². The van der Waals surface area contributed by atoms with E-state index in [1.165, 1.54) is 0 Å². The molecule has 2 N–H and O–H groups in total. The molecule has 2 aromatic rings. The summed E-state index contributed by atoms with van der Waals surface area (Å²) in [4.78, 5) is 25.0. The van der Waals surface area contributed by atoms with Gasteiger partial charge in [0.2, 0.25) is 11.8 Å². The molecule has 0 radical (unpaired) electrons.